The van der Waals surface area contributed by atoms with Crippen LogP contribution in [-0.2, 0) is 19.6 Å². The van der Waals surface area contributed by atoms with Crippen molar-refractivity contribution in [2.24, 2.45) is 0 Å². The third kappa shape index (κ3) is 3.74. The number of benzene rings is 1. The van der Waals surface area contributed by atoms with Crippen molar-refractivity contribution in [3.8, 4) is 5.75 Å². The Morgan fingerprint density at radius 3 is 2.58 bits per heavy atom. The molecule has 4 rings (SSSR count). The molecule has 0 saturated heterocycles. The first kappa shape index (κ1) is 21.2. The van der Waals surface area contributed by atoms with Gasteiger partial charge in [0.25, 0.3) is 10.0 Å². The summed E-state index contributed by atoms with van der Waals surface area (Å²) in [5.74, 6) is -2.04. The molecule has 31 heavy (non-hydrogen) atoms. The number of ether oxygens (including phenoxy) is 2. The fourth-order valence-electron chi connectivity index (χ4n) is 4.14. The Balaban J connectivity index is 1.73. The molecule has 1 aromatic carbocycles. The van der Waals surface area contributed by atoms with Crippen molar-refractivity contribution in [3.63, 3.8) is 0 Å². The van der Waals surface area contributed by atoms with Gasteiger partial charge in [0.15, 0.2) is 5.76 Å². The molecule has 3 aliphatic rings. The van der Waals surface area contributed by atoms with E-state index in [9.17, 15) is 23.1 Å². The number of methoxy groups -OCH3 is 1. The van der Waals surface area contributed by atoms with E-state index in [-0.39, 0.29) is 28.1 Å². The summed E-state index contributed by atoms with van der Waals surface area (Å²) in [7, 11) is -3.11. The van der Waals surface area contributed by atoms with E-state index in [4.69, 9.17) is 9.47 Å². The zero-order valence-electron chi connectivity index (χ0n) is 17.0. The van der Waals surface area contributed by atoms with Crippen molar-refractivity contribution >= 4 is 21.9 Å². The molecule has 1 N–H and O–H groups in total. The number of hydrogen-bond donors (Lipinski definition) is 1. The Kier molecular flexibility index (Phi) is 5.62. The first-order chi connectivity index (χ1) is 14.8. The zero-order valence-corrected chi connectivity index (χ0v) is 17.8. The van der Waals surface area contributed by atoms with Crippen LogP contribution in [-0.4, -0.2) is 49.0 Å². The highest BCUT2D eigenvalue weighted by molar-refractivity contribution is 7.89. The van der Waals surface area contributed by atoms with E-state index in [2.05, 4.69) is 0 Å². The van der Waals surface area contributed by atoms with Crippen LogP contribution in [0.1, 0.15) is 42.5 Å². The van der Waals surface area contributed by atoms with Crippen molar-refractivity contribution in [3.05, 3.63) is 59.4 Å². The number of carbonyl (C=O) groups excluding carboxylic acids is 1. The summed E-state index contributed by atoms with van der Waals surface area (Å²) in [4.78, 5) is 24.3. The Hall–Kier alpha value is -3.07. The molecule has 1 amide bonds. The van der Waals surface area contributed by atoms with Crippen molar-refractivity contribution in [2.75, 3.05) is 7.11 Å². The van der Waals surface area contributed by atoms with Crippen molar-refractivity contribution < 1.29 is 32.6 Å². The average Bonchev–Trinajstić information content (AvgIpc) is 3.06. The minimum atomic E-state index is -4.36. The second kappa shape index (κ2) is 8.22. The maximum atomic E-state index is 13.5. The van der Waals surface area contributed by atoms with Gasteiger partial charge in [-0.25, -0.2) is 17.5 Å². The molecule has 1 fully saturated rings. The molecule has 1 heterocycles. The lowest BCUT2D eigenvalue weighted by molar-refractivity contribution is -0.126. The maximum Gasteiger partial charge on any atom is 0.335 e. The molecular weight excluding hydrogens is 422 g/mol. The van der Waals surface area contributed by atoms with Gasteiger partial charge in [-0.3, -0.25) is 4.79 Å². The summed E-state index contributed by atoms with van der Waals surface area (Å²) in [6.07, 6.45) is 11.4. The van der Waals surface area contributed by atoms with Gasteiger partial charge < -0.3 is 14.6 Å². The van der Waals surface area contributed by atoms with Gasteiger partial charge >= 0.3 is 11.9 Å². The van der Waals surface area contributed by atoms with E-state index in [0.29, 0.717) is 5.57 Å². The van der Waals surface area contributed by atoms with E-state index < -0.39 is 27.9 Å². The fourth-order valence-corrected chi connectivity index (χ4v) is 5.77. The number of rotatable bonds is 6. The molecule has 0 bridgehead atoms. The second-order valence-electron chi connectivity index (χ2n) is 7.63. The van der Waals surface area contributed by atoms with Crippen LogP contribution in [0.5, 0.6) is 5.75 Å². The highest BCUT2D eigenvalue weighted by Gasteiger charge is 2.47. The maximum absolute atomic E-state index is 13.5. The van der Waals surface area contributed by atoms with Crippen LogP contribution < -0.4 is 4.74 Å². The van der Waals surface area contributed by atoms with Crippen LogP contribution in [0.4, 0.5) is 0 Å². The molecule has 1 saturated carbocycles. The monoisotopic (exact) mass is 445 g/mol. The number of allylic oxidation sites excluding steroid dienone is 2. The van der Waals surface area contributed by atoms with E-state index >= 15 is 0 Å². The van der Waals surface area contributed by atoms with Crippen LogP contribution in [0.2, 0.25) is 0 Å². The van der Waals surface area contributed by atoms with Gasteiger partial charge in [-0.2, -0.15) is 0 Å². The van der Waals surface area contributed by atoms with Gasteiger partial charge in [-0.15, -0.1) is 0 Å². The molecule has 0 aromatic heterocycles. The Bertz CT molecular complexity index is 1110. The van der Waals surface area contributed by atoms with E-state index in [0.717, 1.165) is 48.5 Å². The topological polar surface area (TPSA) is 110 Å². The Morgan fingerprint density at radius 2 is 1.90 bits per heavy atom. The predicted octanol–water partition coefficient (Wildman–Crippen LogP) is 3.02. The smallest absolute Gasteiger partial charge is 0.335 e. The highest BCUT2D eigenvalue weighted by Crippen LogP contribution is 2.39. The van der Waals surface area contributed by atoms with Crippen LogP contribution in [0.25, 0.3) is 0 Å². The number of carboxylic acid groups (broad SMARTS) is 1. The van der Waals surface area contributed by atoms with Gasteiger partial charge in [0.05, 0.1) is 24.8 Å². The van der Waals surface area contributed by atoms with Crippen LogP contribution in [0, 0.1) is 0 Å². The number of hydrogen-bond acceptors (Lipinski definition) is 6. The molecule has 0 radical (unpaired) electrons. The van der Waals surface area contributed by atoms with Crippen molar-refractivity contribution in [1.29, 1.82) is 0 Å². The van der Waals surface area contributed by atoms with Gasteiger partial charge in [0.2, 0.25) is 0 Å². The van der Waals surface area contributed by atoms with Crippen LogP contribution >= 0.6 is 0 Å². The number of carbonyl (C=O) groups is 2. The van der Waals surface area contributed by atoms with Crippen LogP contribution in [0.3, 0.4) is 0 Å². The molecule has 1 aromatic rings. The van der Waals surface area contributed by atoms with E-state index in [1.54, 1.807) is 24.3 Å². The predicted molar refractivity (Wildman–Crippen MR) is 111 cm³/mol. The Morgan fingerprint density at radius 1 is 1.16 bits per heavy atom. The molecule has 8 nitrogen and oxygen atoms in total. The summed E-state index contributed by atoms with van der Waals surface area (Å²) in [5.41, 5.74) is 0.381. The molecule has 1 unspecified atom stereocenters. The number of aromatic carboxylic acids is 1. The summed E-state index contributed by atoms with van der Waals surface area (Å²) in [6, 6.07) is 2.61. The SMILES string of the molecule is COc1cc(C(=O)O)ccc1S(=O)(=O)N1C(=O)C(OC2CCCCC2)=C2C=CC=CC21. The lowest BCUT2D eigenvalue weighted by atomic mass is 9.97. The Labute approximate surface area is 180 Å². The first-order valence-corrected chi connectivity index (χ1v) is 11.5. The lowest BCUT2D eigenvalue weighted by Crippen LogP contribution is -2.40. The normalized spacial score (nSPS) is 21.4. The van der Waals surface area contributed by atoms with E-state index in [1.807, 2.05) is 0 Å². The second-order valence-corrected chi connectivity index (χ2v) is 9.41. The summed E-state index contributed by atoms with van der Waals surface area (Å²) in [6.45, 7) is 0. The molecule has 1 aliphatic heterocycles. The van der Waals surface area contributed by atoms with E-state index in [1.165, 1.54) is 13.2 Å². The number of fused-ring (bicyclic) bond motifs is 1. The average molecular weight is 445 g/mol. The first-order valence-electron chi connectivity index (χ1n) is 10.1. The standard InChI is InChI=1S/C22H23NO7S/c1-29-18-13-14(22(25)26)11-12-19(18)31(27,28)23-17-10-6-5-9-16(17)20(21(23)24)30-15-7-3-2-4-8-15/h5-6,9-13,15,17H,2-4,7-8H2,1H3,(H,25,26). The number of amides is 1. The highest BCUT2D eigenvalue weighted by atomic mass is 32.2. The molecule has 9 heteroatoms. The molecule has 164 valence electrons. The van der Waals surface area contributed by atoms with Crippen molar-refractivity contribution in [2.45, 2.75) is 49.1 Å². The molecular formula is C22H23NO7S. The largest absolute Gasteiger partial charge is 0.495 e. The quantitative estimate of drug-likeness (QED) is 0.717. The minimum Gasteiger partial charge on any atom is -0.495 e. The van der Waals surface area contributed by atoms with Crippen LogP contribution in [0.15, 0.2) is 58.7 Å². The van der Waals surface area contributed by atoms with Gasteiger partial charge in [-0.1, -0.05) is 30.7 Å². The molecule has 2 aliphatic carbocycles. The number of sulfonamides is 1. The van der Waals surface area contributed by atoms with Crippen molar-refractivity contribution in [1.82, 2.24) is 4.31 Å². The zero-order chi connectivity index (χ0) is 22.2. The van der Waals surface area contributed by atoms with Gasteiger partial charge in [0.1, 0.15) is 10.6 Å². The molecule has 0 spiro atoms. The van der Waals surface area contributed by atoms with Gasteiger partial charge in [0, 0.05) is 5.57 Å². The minimum absolute atomic E-state index is 0.0576. The van der Waals surface area contributed by atoms with Gasteiger partial charge in [-0.05, 0) is 43.9 Å². The number of carboxylic acids is 1. The number of nitrogens with zero attached hydrogens (tertiary/aromatic N) is 1. The lowest BCUT2D eigenvalue weighted by Gasteiger charge is -2.25. The third-order valence-corrected chi connectivity index (χ3v) is 7.50. The summed E-state index contributed by atoms with van der Waals surface area (Å²) < 4.78 is 39.0. The summed E-state index contributed by atoms with van der Waals surface area (Å²) >= 11 is 0. The fraction of sp³-hybridized carbons (Fsp3) is 0.364. The summed E-state index contributed by atoms with van der Waals surface area (Å²) in [5, 5.41) is 9.19. The molecule has 1 atom stereocenters. The third-order valence-electron chi connectivity index (χ3n) is 5.69.